The van der Waals surface area contributed by atoms with Crippen molar-refractivity contribution in [2.75, 3.05) is 39.5 Å². The van der Waals surface area contributed by atoms with Crippen molar-refractivity contribution in [3.8, 4) is 0 Å². The Kier molecular flexibility index (Phi) is 14.1. The molecule has 3 rings (SSSR count). The van der Waals surface area contributed by atoms with E-state index in [0.29, 0.717) is 19.8 Å². The van der Waals surface area contributed by atoms with E-state index in [9.17, 15) is 4.79 Å². The molecule has 0 aliphatic rings. The molecule has 6 nitrogen and oxygen atoms in total. The number of rotatable bonds is 12. The van der Waals surface area contributed by atoms with Crippen molar-refractivity contribution in [3.63, 3.8) is 0 Å². The Labute approximate surface area is 227 Å². The molecule has 0 atom stereocenters. The summed E-state index contributed by atoms with van der Waals surface area (Å²) in [6, 6.07) is 32.5. The van der Waals surface area contributed by atoms with Gasteiger partial charge in [0.2, 0.25) is 5.91 Å². The minimum atomic E-state index is -1.84. The van der Waals surface area contributed by atoms with Gasteiger partial charge in [-0.3, -0.25) is 10.2 Å². The number of halogens is 2. The lowest BCUT2D eigenvalue weighted by molar-refractivity contribution is -0.121. The monoisotopic (exact) mass is 547 g/mol. The molecule has 0 spiro atoms. The smallest absolute Gasteiger partial charge is 0.239 e. The molecule has 0 heterocycles. The zero-order valence-corrected chi connectivity index (χ0v) is 22.9. The highest BCUT2D eigenvalue weighted by Gasteiger charge is 2.44. The summed E-state index contributed by atoms with van der Waals surface area (Å²) >= 11 is 0. The number of nitrogens with one attached hydrogen (secondary N) is 2. The van der Waals surface area contributed by atoms with E-state index in [1.165, 1.54) is 20.8 Å². The number of nitrogens with two attached hydrogens (primary N) is 1. The van der Waals surface area contributed by atoms with Gasteiger partial charge < -0.3 is 45.5 Å². The predicted molar refractivity (Wildman–Crippen MR) is 143 cm³/mol. The SMILES string of the molecule is CN(CC(=O)NCCOCCC[P+](c1ccccc1)(c1ccccc1)c1ccccc1)C(=N)N.[Cl-].[Cl-]. The molecule has 0 saturated heterocycles. The van der Waals surface area contributed by atoms with Gasteiger partial charge >= 0.3 is 0 Å². The summed E-state index contributed by atoms with van der Waals surface area (Å²) in [7, 11) is -0.226. The molecular weight excluding hydrogens is 514 g/mol. The number of carbonyl (C=O) groups is 1. The van der Waals surface area contributed by atoms with Gasteiger partial charge in [-0.1, -0.05) is 54.6 Å². The van der Waals surface area contributed by atoms with Crippen LogP contribution in [0.15, 0.2) is 91.0 Å². The van der Waals surface area contributed by atoms with Crippen LogP contribution in [0.1, 0.15) is 6.42 Å². The molecule has 0 saturated carbocycles. The Hall–Kier alpha value is -2.63. The second-order valence-electron chi connectivity index (χ2n) is 8.10. The first-order chi connectivity index (χ1) is 16.5. The number of nitrogens with zero attached hydrogens (tertiary/aromatic N) is 1. The van der Waals surface area contributed by atoms with Crippen molar-refractivity contribution in [1.82, 2.24) is 10.2 Å². The number of ether oxygens (including phenoxy) is 1. The number of likely N-dealkylation sites (N-methyl/N-ethyl adjacent to an activating group) is 1. The number of guanidine groups is 1. The molecule has 0 aromatic heterocycles. The topological polar surface area (TPSA) is 91.4 Å². The first kappa shape index (κ1) is 31.4. The van der Waals surface area contributed by atoms with Gasteiger partial charge in [0, 0.05) is 20.0 Å². The molecule has 0 unspecified atom stereocenters. The van der Waals surface area contributed by atoms with Crippen LogP contribution in [0.4, 0.5) is 0 Å². The highest BCUT2D eigenvalue weighted by molar-refractivity contribution is 7.95. The summed E-state index contributed by atoms with van der Waals surface area (Å²) in [6.45, 7) is 1.56. The van der Waals surface area contributed by atoms with Crippen molar-refractivity contribution in [2.45, 2.75) is 6.42 Å². The molecule has 36 heavy (non-hydrogen) atoms. The molecule has 0 bridgehead atoms. The van der Waals surface area contributed by atoms with Crippen LogP contribution in [-0.4, -0.2) is 56.3 Å². The van der Waals surface area contributed by atoms with E-state index in [4.69, 9.17) is 15.9 Å². The standard InChI is InChI=1S/C27H33N4O2P.2ClH/c1-31(27(28)29)22-26(32)30-18-20-33-19-11-21-34(23-12-5-2-6-13-23,24-14-7-3-8-15-24)25-16-9-4-10-17-25;;/h2-10,12-17H,11,18-22H2,1H3,(H3-,28,29,30,32);2*1H/p-1. The molecule has 9 heteroatoms. The third-order valence-electron chi connectivity index (χ3n) is 5.73. The Morgan fingerprint density at radius 1 is 0.861 bits per heavy atom. The minimum absolute atomic E-state index is 0. The van der Waals surface area contributed by atoms with Crippen LogP contribution in [0.3, 0.4) is 0 Å². The molecular formula is C27H34Cl2N4O2P-. The van der Waals surface area contributed by atoms with E-state index in [1.54, 1.807) is 7.05 Å². The molecule has 194 valence electrons. The van der Waals surface area contributed by atoms with Crippen LogP contribution in [0, 0.1) is 5.41 Å². The molecule has 0 aliphatic heterocycles. The quantitative estimate of drug-likeness (QED) is 0.0943. The van der Waals surface area contributed by atoms with Crippen molar-refractivity contribution >= 4 is 35.0 Å². The lowest BCUT2D eigenvalue weighted by atomic mass is 10.4. The Balaban J connectivity index is 0.00000324. The van der Waals surface area contributed by atoms with Gasteiger partial charge in [-0.2, -0.15) is 0 Å². The fraction of sp³-hybridized carbons (Fsp3) is 0.259. The molecule has 0 radical (unpaired) electrons. The van der Waals surface area contributed by atoms with Gasteiger partial charge in [-0.05, 0) is 36.4 Å². The van der Waals surface area contributed by atoms with Crippen LogP contribution in [0.5, 0.6) is 0 Å². The normalized spacial score (nSPS) is 10.5. The summed E-state index contributed by atoms with van der Waals surface area (Å²) in [5.41, 5.74) is 5.36. The van der Waals surface area contributed by atoms with E-state index in [2.05, 4.69) is 96.3 Å². The third kappa shape index (κ3) is 8.49. The second-order valence-corrected chi connectivity index (χ2v) is 11.7. The number of hydrogen-bond acceptors (Lipinski definition) is 3. The van der Waals surface area contributed by atoms with Gasteiger partial charge in [0.05, 0.1) is 25.9 Å². The van der Waals surface area contributed by atoms with Crippen molar-refractivity contribution in [2.24, 2.45) is 5.73 Å². The van der Waals surface area contributed by atoms with E-state index < -0.39 is 7.26 Å². The Morgan fingerprint density at radius 3 is 1.72 bits per heavy atom. The molecule has 0 fully saturated rings. The van der Waals surface area contributed by atoms with Crippen molar-refractivity contribution in [1.29, 1.82) is 5.41 Å². The van der Waals surface area contributed by atoms with E-state index in [1.807, 2.05) is 0 Å². The maximum absolute atomic E-state index is 11.9. The second kappa shape index (κ2) is 16.2. The maximum atomic E-state index is 11.9. The van der Waals surface area contributed by atoms with Crippen molar-refractivity contribution < 1.29 is 34.3 Å². The van der Waals surface area contributed by atoms with Gasteiger partial charge in [-0.15, -0.1) is 0 Å². The largest absolute Gasteiger partial charge is 1.00 e. The van der Waals surface area contributed by atoms with Crippen LogP contribution in [-0.2, 0) is 9.53 Å². The number of benzene rings is 3. The Bertz CT molecular complexity index is 947. The van der Waals surface area contributed by atoms with Crippen molar-refractivity contribution in [3.05, 3.63) is 91.0 Å². The van der Waals surface area contributed by atoms with Gasteiger partial charge in [0.1, 0.15) is 23.2 Å². The number of hydrogen-bond donors (Lipinski definition) is 3. The van der Waals surface area contributed by atoms with Crippen LogP contribution in [0.25, 0.3) is 0 Å². The molecule has 0 aliphatic carbocycles. The third-order valence-corrected chi connectivity index (χ3v) is 10.3. The average Bonchev–Trinajstić information content (AvgIpc) is 2.87. The number of carbonyl (C=O) groups excluding carboxylic acids is 1. The molecule has 3 aromatic carbocycles. The summed E-state index contributed by atoms with van der Waals surface area (Å²) in [5, 5.41) is 14.2. The first-order valence-corrected chi connectivity index (χ1v) is 13.5. The lowest BCUT2D eigenvalue weighted by Crippen LogP contribution is -3.00. The zero-order valence-electron chi connectivity index (χ0n) is 20.4. The average molecular weight is 548 g/mol. The lowest BCUT2D eigenvalue weighted by Gasteiger charge is -2.27. The number of amides is 1. The summed E-state index contributed by atoms with van der Waals surface area (Å²) < 4.78 is 5.86. The fourth-order valence-corrected chi connectivity index (χ4v) is 8.32. The summed E-state index contributed by atoms with van der Waals surface area (Å²) in [5.74, 6) is -0.308. The highest BCUT2D eigenvalue weighted by atomic mass is 35.5. The minimum Gasteiger partial charge on any atom is -1.00 e. The van der Waals surface area contributed by atoms with Crippen LogP contribution < -0.4 is 51.8 Å². The molecule has 3 aromatic rings. The highest BCUT2D eigenvalue weighted by Crippen LogP contribution is 2.55. The summed E-state index contributed by atoms with van der Waals surface area (Å²) in [6.07, 6.45) is 1.91. The maximum Gasteiger partial charge on any atom is 0.239 e. The summed E-state index contributed by atoms with van der Waals surface area (Å²) in [4.78, 5) is 13.3. The zero-order chi connectivity index (χ0) is 24.2. The van der Waals surface area contributed by atoms with Gasteiger partial charge in [0.25, 0.3) is 0 Å². The molecule has 1 amide bonds. The fourth-order valence-electron chi connectivity index (χ4n) is 4.01. The van der Waals surface area contributed by atoms with Gasteiger partial charge in [-0.25, -0.2) is 0 Å². The molecule has 4 N–H and O–H groups in total. The predicted octanol–water partition coefficient (Wildman–Crippen LogP) is -3.66. The van der Waals surface area contributed by atoms with Gasteiger partial charge in [0.15, 0.2) is 5.96 Å². The first-order valence-electron chi connectivity index (χ1n) is 11.5. The Morgan fingerprint density at radius 2 is 1.31 bits per heavy atom. The van der Waals surface area contributed by atoms with E-state index >= 15 is 0 Å². The van der Waals surface area contributed by atoms with Crippen LogP contribution >= 0.6 is 7.26 Å². The van der Waals surface area contributed by atoms with E-state index in [0.717, 1.165) is 12.6 Å². The van der Waals surface area contributed by atoms with E-state index in [-0.39, 0.29) is 43.2 Å². The van der Waals surface area contributed by atoms with Crippen LogP contribution in [0.2, 0.25) is 0 Å².